The molecule has 4 aromatic rings. The summed E-state index contributed by atoms with van der Waals surface area (Å²) in [7, 11) is 6.98. The second-order valence-corrected chi connectivity index (χ2v) is 8.79. The number of likely N-dealkylation sites (N-methyl/N-ethyl adjacent to an activating group) is 1. The van der Waals surface area contributed by atoms with Gasteiger partial charge < -0.3 is 29.0 Å². The molecule has 7 nitrogen and oxygen atoms in total. The molecule has 1 saturated heterocycles. The number of nitrogens with zero attached hydrogens (tertiary/aromatic N) is 3. The summed E-state index contributed by atoms with van der Waals surface area (Å²) in [6.45, 7) is 3.93. The number of aromatic amines is 1. The lowest BCUT2D eigenvalue weighted by Gasteiger charge is -2.34. The average molecular weight is 483 g/mol. The maximum atomic E-state index is 5.54. The van der Waals surface area contributed by atoms with E-state index in [1.807, 2.05) is 42.5 Å². The topological polar surface area (TPSA) is 62.9 Å². The van der Waals surface area contributed by atoms with Gasteiger partial charge in [0.2, 0.25) is 5.75 Å². The molecule has 7 heteroatoms. The molecule has 5 rings (SSSR count). The summed E-state index contributed by atoms with van der Waals surface area (Å²) < 4.78 is 16.6. The molecule has 1 aromatic heterocycles. The number of imidazole rings is 1. The first kappa shape index (κ1) is 23.6. The van der Waals surface area contributed by atoms with Crippen molar-refractivity contribution in [2.24, 2.45) is 0 Å². The number of methoxy groups -OCH3 is 3. The molecule has 0 spiro atoms. The number of fused-ring (bicyclic) bond motifs is 1. The standard InChI is InChI=1S/C29H30N4O3/c1-32-12-14-33(15-13-32)25-19-24-23(16-21(25)11-10-20-8-6-5-7-9-20)30-29(31-24)22-17-26(34-2)28(36-4)27(18-22)35-3/h5-9,16-19H,12-15H2,1-4H3,(H,30,31). The molecule has 3 aromatic carbocycles. The Kier molecular flexibility index (Phi) is 6.70. The summed E-state index contributed by atoms with van der Waals surface area (Å²) in [5.41, 5.74) is 5.74. The number of aromatic nitrogens is 2. The van der Waals surface area contributed by atoms with Crippen molar-refractivity contribution in [2.75, 3.05) is 59.5 Å². The van der Waals surface area contributed by atoms with Crippen LogP contribution in [0.15, 0.2) is 54.6 Å². The lowest BCUT2D eigenvalue weighted by atomic mass is 10.1. The molecule has 2 heterocycles. The highest BCUT2D eigenvalue weighted by Crippen LogP contribution is 2.41. The van der Waals surface area contributed by atoms with E-state index in [9.17, 15) is 0 Å². The lowest BCUT2D eigenvalue weighted by Crippen LogP contribution is -2.44. The van der Waals surface area contributed by atoms with Crippen LogP contribution in [0.3, 0.4) is 0 Å². The molecule has 0 saturated carbocycles. The number of H-pyrrole nitrogens is 1. The Labute approximate surface area is 211 Å². The fourth-order valence-electron chi connectivity index (χ4n) is 4.47. The Bertz CT molecular complexity index is 1400. The van der Waals surface area contributed by atoms with E-state index in [2.05, 4.69) is 45.8 Å². The van der Waals surface area contributed by atoms with E-state index in [0.29, 0.717) is 17.2 Å². The predicted octanol–water partition coefficient (Wildman–Crippen LogP) is 4.41. The molecule has 0 aliphatic carbocycles. The van der Waals surface area contributed by atoms with E-state index in [4.69, 9.17) is 19.2 Å². The van der Waals surface area contributed by atoms with E-state index in [1.54, 1.807) is 21.3 Å². The third kappa shape index (κ3) is 4.68. The van der Waals surface area contributed by atoms with Gasteiger partial charge in [-0.05, 0) is 43.4 Å². The van der Waals surface area contributed by atoms with Crippen LogP contribution < -0.4 is 19.1 Å². The first-order chi connectivity index (χ1) is 17.6. The number of nitrogens with one attached hydrogen (secondary N) is 1. The van der Waals surface area contributed by atoms with Gasteiger partial charge in [-0.25, -0.2) is 4.98 Å². The Balaban J connectivity index is 1.61. The summed E-state index contributed by atoms with van der Waals surface area (Å²) >= 11 is 0. The molecule has 0 bridgehead atoms. The highest BCUT2D eigenvalue weighted by atomic mass is 16.5. The number of anilines is 1. The Morgan fingerprint density at radius 2 is 1.53 bits per heavy atom. The second kappa shape index (κ2) is 10.2. The zero-order valence-electron chi connectivity index (χ0n) is 21.1. The minimum atomic E-state index is 0.552. The Morgan fingerprint density at radius 1 is 0.833 bits per heavy atom. The zero-order chi connectivity index (χ0) is 25.1. The summed E-state index contributed by atoms with van der Waals surface area (Å²) in [5.74, 6) is 9.19. The van der Waals surface area contributed by atoms with Gasteiger partial charge in [-0.3, -0.25) is 0 Å². The van der Waals surface area contributed by atoms with Crippen molar-refractivity contribution in [3.05, 3.63) is 65.7 Å². The quantitative estimate of drug-likeness (QED) is 0.425. The summed E-state index contributed by atoms with van der Waals surface area (Å²) in [6.07, 6.45) is 0. The normalized spacial score (nSPS) is 13.8. The van der Waals surface area contributed by atoms with Crippen molar-refractivity contribution < 1.29 is 14.2 Å². The maximum Gasteiger partial charge on any atom is 0.203 e. The minimum Gasteiger partial charge on any atom is -0.493 e. The van der Waals surface area contributed by atoms with Gasteiger partial charge in [-0.15, -0.1) is 0 Å². The van der Waals surface area contributed by atoms with Gasteiger partial charge in [0.1, 0.15) is 5.82 Å². The van der Waals surface area contributed by atoms with Crippen LogP contribution in [0.2, 0.25) is 0 Å². The van der Waals surface area contributed by atoms with Gasteiger partial charge in [0.05, 0.1) is 43.6 Å². The van der Waals surface area contributed by atoms with Gasteiger partial charge in [-0.2, -0.15) is 0 Å². The molecule has 1 aliphatic heterocycles. The van der Waals surface area contributed by atoms with Crippen LogP contribution in [0.5, 0.6) is 17.2 Å². The van der Waals surface area contributed by atoms with Crippen molar-refractivity contribution in [2.45, 2.75) is 0 Å². The van der Waals surface area contributed by atoms with Gasteiger partial charge in [0.25, 0.3) is 0 Å². The van der Waals surface area contributed by atoms with Crippen molar-refractivity contribution in [3.8, 4) is 40.5 Å². The van der Waals surface area contributed by atoms with Crippen molar-refractivity contribution in [1.29, 1.82) is 0 Å². The number of hydrogen-bond donors (Lipinski definition) is 1. The van der Waals surface area contributed by atoms with Crippen molar-refractivity contribution in [1.82, 2.24) is 14.9 Å². The third-order valence-corrected chi connectivity index (χ3v) is 6.50. The van der Waals surface area contributed by atoms with E-state index in [1.165, 1.54) is 0 Å². The molecule has 184 valence electrons. The number of hydrogen-bond acceptors (Lipinski definition) is 6. The molecule has 36 heavy (non-hydrogen) atoms. The number of benzene rings is 3. The summed E-state index contributed by atoms with van der Waals surface area (Å²) in [4.78, 5) is 13.2. The first-order valence-corrected chi connectivity index (χ1v) is 11.9. The van der Waals surface area contributed by atoms with Crippen molar-refractivity contribution in [3.63, 3.8) is 0 Å². The molecule has 0 atom stereocenters. The first-order valence-electron chi connectivity index (χ1n) is 11.9. The smallest absolute Gasteiger partial charge is 0.203 e. The van der Waals surface area contributed by atoms with Gasteiger partial charge in [-0.1, -0.05) is 30.0 Å². The van der Waals surface area contributed by atoms with Gasteiger partial charge in [0.15, 0.2) is 11.5 Å². The fourth-order valence-corrected chi connectivity index (χ4v) is 4.47. The average Bonchev–Trinajstić information content (AvgIpc) is 3.34. The predicted molar refractivity (Wildman–Crippen MR) is 143 cm³/mol. The molecule has 0 radical (unpaired) electrons. The summed E-state index contributed by atoms with van der Waals surface area (Å²) in [5, 5.41) is 0. The van der Waals surface area contributed by atoms with E-state index < -0.39 is 0 Å². The summed E-state index contributed by atoms with van der Waals surface area (Å²) in [6, 6.07) is 18.1. The molecular formula is C29H30N4O3. The monoisotopic (exact) mass is 482 g/mol. The van der Waals surface area contributed by atoms with Gasteiger partial charge >= 0.3 is 0 Å². The molecular weight excluding hydrogens is 452 g/mol. The fraction of sp³-hybridized carbons (Fsp3) is 0.276. The van der Waals surface area contributed by atoms with E-state index in [0.717, 1.165) is 65.4 Å². The highest BCUT2D eigenvalue weighted by Gasteiger charge is 2.20. The van der Waals surface area contributed by atoms with E-state index in [-0.39, 0.29) is 0 Å². The number of piperazine rings is 1. The Hall–Kier alpha value is -4.15. The SMILES string of the molecule is COc1cc(-c2nc3cc(N4CCN(C)CC4)c(C#Cc4ccccc4)cc3[nH]2)cc(OC)c1OC. The van der Waals surface area contributed by atoms with Crippen LogP contribution in [0.25, 0.3) is 22.4 Å². The molecule has 1 aliphatic rings. The van der Waals surface area contributed by atoms with E-state index >= 15 is 0 Å². The van der Waals surface area contributed by atoms with Crippen LogP contribution in [-0.2, 0) is 0 Å². The second-order valence-electron chi connectivity index (χ2n) is 8.79. The van der Waals surface area contributed by atoms with Gasteiger partial charge in [0, 0.05) is 37.3 Å². The number of rotatable bonds is 5. The molecule has 0 amide bonds. The molecule has 1 fully saturated rings. The van der Waals surface area contributed by atoms with Crippen molar-refractivity contribution >= 4 is 16.7 Å². The van der Waals surface area contributed by atoms with Crippen LogP contribution in [0.1, 0.15) is 11.1 Å². The zero-order valence-corrected chi connectivity index (χ0v) is 21.1. The highest BCUT2D eigenvalue weighted by molar-refractivity contribution is 5.87. The number of ether oxygens (including phenoxy) is 3. The Morgan fingerprint density at radius 3 is 2.17 bits per heavy atom. The molecule has 1 N–H and O–H groups in total. The minimum absolute atomic E-state index is 0.552. The van der Waals surface area contributed by atoms with Crippen LogP contribution in [0, 0.1) is 11.8 Å². The third-order valence-electron chi connectivity index (χ3n) is 6.50. The lowest BCUT2D eigenvalue weighted by molar-refractivity contribution is 0.313. The van der Waals surface area contributed by atoms with Crippen LogP contribution in [-0.4, -0.2) is 69.4 Å². The molecule has 0 unspecified atom stereocenters. The van der Waals surface area contributed by atoms with Crippen LogP contribution >= 0.6 is 0 Å². The van der Waals surface area contributed by atoms with Crippen LogP contribution in [0.4, 0.5) is 5.69 Å². The maximum absolute atomic E-state index is 5.54. The largest absolute Gasteiger partial charge is 0.493 e.